The van der Waals surface area contributed by atoms with Gasteiger partial charge >= 0.3 is 0 Å². The Bertz CT molecular complexity index is 437. The van der Waals surface area contributed by atoms with E-state index in [2.05, 4.69) is 29.1 Å². The lowest BCUT2D eigenvalue weighted by molar-refractivity contribution is 0.900. The number of rotatable bonds is 2. The number of benzene rings is 1. The van der Waals surface area contributed by atoms with Crippen molar-refractivity contribution in [1.82, 2.24) is 9.97 Å². The Morgan fingerprint density at radius 2 is 2.14 bits per heavy atom. The van der Waals surface area contributed by atoms with Crippen LogP contribution in [0.4, 0.5) is 5.69 Å². The van der Waals surface area contributed by atoms with Gasteiger partial charge in [0.05, 0.1) is 5.52 Å². The summed E-state index contributed by atoms with van der Waals surface area (Å²) >= 11 is 0. The smallest absolute Gasteiger partial charge is 0.116 e. The summed E-state index contributed by atoms with van der Waals surface area (Å²) in [5.41, 5.74) is 2.08. The highest BCUT2D eigenvalue weighted by Crippen LogP contribution is 2.16. The van der Waals surface area contributed by atoms with Crippen LogP contribution in [0.5, 0.6) is 0 Å². The molecule has 1 N–H and O–H groups in total. The zero-order valence-corrected chi connectivity index (χ0v) is 8.36. The van der Waals surface area contributed by atoms with Gasteiger partial charge in [-0.3, -0.25) is 0 Å². The third-order valence-corrected chi connectivity index (χ3v) is 1.96. The normalized spacial score (nSPS) is 10.8. The second-order valence-electron chi connectivity index (χ2n) is 3.60. The van der Waals surface area contributed by atoms with E-state index in [1.807, 2.05) is 24.4 Å². The first-order valence-corrected chi connectivity index (χ1v) is 4.72. The Morgan fingerprint density at radius 3 is 2.93 bits per heavy atom. The molecule has 0 atom stereocenters. The van der Waals surface area contributed by atoms with Crippen molar-refractivity contribution in [3.05, 3.63) is 30.7 Å². The predicted molar refractivity (Wildman–Crippen MR) is 58.3 cm³/mol. The lowest BCUT2D eigenvalue weighted by atomic mass is 10.2. The largest absolute Gasteiger partial charge is 0.383 e. The van der Waals surface area contributed by atoms with Crippen LogP contribution >= 0.6 is 0 Å². The van der Waals surface area contributed by atoms with E-state index < -0.39 is 0 Å². The summed E-state index contributed by atoms with van der Waals surface area (Å²) in [5, 5.41) is 4.41. The summed E-state index contributed by atoms with van der Waals surface area (Å²) in [7, 11) is 0. The van der Waals surface area contributed by atoms with Gasteiger partial charge in [0, 0.05) is 23.3 Å². The standard InChI is InChI=1S/C11H13N3/c1-8(2)14-10-4-3-9-6-12-7-13-11(9)5-10/h3-8,14H,1-2H3. The molecule has 0 radical (unpaired) electrons. The van der Waals surface area contributed by atoms with Crippen molar-refractivity contribution in [2.45, 2.75) is 19.9 Å². The van der Waals surface area contributed by atoms with Crippen LogP contribution in [0.2, 0.25) is 0 Å². The molecule has 0 aliphatic heterocycles. The average molecular weight is 187 g/mol. The summed E-state index contributed by atoms with van der Waals surface area (Å²) < 4.78 is 0. The third kappa shape index (κ3) is 1.82. The molecule has 0 aliphatic carbocycles. The van der Waals surface area contributed by atoms with E-state index in [4.69, 9.17) is 0 Å². The minimum absolute atomic E-state index is 0.439. The molecule has 1 aromatic heterocycles. The first kappa shape index (κ1) is 8.94. The topological polar surface area (TPSA) is 37.8 Å². The fourth-order valence-corrected chi connectivity index (χ4v) is 1.40. The first-order valence-electron chi connectivity index (χ1n) is 4.72. The minimum Gasteiger partial charge on any atom is -0.383 e. The summed E-state index contributed by atoms with van der Waals surface area (Å²) in [6.07, 6.45) is 3.39. The number of fused-ring (bicyclic) bond motifs is 1. The Balaban J connectivity index is 2.41. The monoisotopic (exact) mass is 187 g/mol. The van der Waals surface area contributed by atoms with E-state index in [-0.39, 0.29) is 0 Å². The molecule has 3 heteroatoms. The molecule has 1 heterocycles. The molecule has 0 saturated carbocycles. The molecule has 72 valence electrons. The van der Waals surface area contributed by atoms with Gasteiger partial charge in [0.25, 0.3) is 0 Å². The van der Waals surface area contributed by atoms with E-state index in [1.54, 1.807) is 6.33 Å². The summed E-state index contributed by atoms with van der Waals surface area (Å²) in [5.74, 6) is 0. The van der Waals surface area contributed by atoms with Gasteiger partial charge in [-0.05, 0) is 32.0 Å². The molecule has 0 saturated heterocycles. The molecule has 2 aromatic rings. The number of hydrogen-bond donors (Lipinski definition) is 1. The predicted octanol–water partition coefficient (Wildman–Crippen LogP) is 2.45. The number of hydrogen-bond acceptors (Lipinski definition) is 3. The second kappa shape index (κ2) is 3.62. The van der Waals surface area contributed by atoms with Crippen LogP contribution in [-0.2, 0) is 0 Å². The lowest BCUT2D eigenvalue weighted by Crippen LogP contribution is -2.09. The Hall–Kier alpha value is -1.64. The van der Waals surface area contributed by atoms with Crippen molar-refractivity contribution >= 4 is 16.6 Å². The number of aromatic nitrogens is 2. The lowest BCUT2D eigenvalue weighted by Gasteiger charge is -2.09. The summed E-state index contributed by atoms with van der Waals surface area (Å²) in [6, 6.07) is 6.55. The first-order chi connectivity index (χ1) is 6.75. The van der Waals surface area contributed by atoms with Crippen molar-refractivity contribution < 1.29 is 0 Å². The molecular weight excluding hydrogens is 174 g/mol. The van der Waals surface area contributed by atoms with Crippen molar-refractivity contribution in [1.29, 1.82) is 0 Å². The molecule has 0 bridgehead atoms. The van der Waals surface area contributed by atoms with Gasteiger partial charge in [0.15, 0.2) is 0 Å². The minimum atomic E-state index is 0.439. The zero-order chi connectivity index (χ0) is 9.97. The Morgan fingerprint density at radius 1 is 1.29 bits per heavy atom. The molecule has 0 aliphatic rings. The van der Waals surface area contributed by atoms with Gasteiger partial charge in [-0.2, -0.15) is 0 Å². The van der Waals surface area contributed by atoms with E-state index in [1.165, 1.54) is 0 Å². The Labute approximate surface area is 83.2 Å². The number of nitrogens with one attached hydrogen (secondary N) is 1. The SMILES string of the molecule is CC(C)Nc1ccc2cncnc2c1. The van der Waals surface area contributed by atoms with E-state index in [0.29, 0.717) is 6.04 Å². The van der Waals surface area contributed by atoms with Crippen LogP contribution in [0.15, 0.2) is 30.7 Å². The maximum absolute atomic E-state index is 4.20. The van der Waals surface area contributed by atoms with E-state index in [9.17, 15) is 0 Å². The third-order valence-electron chi connectivity index (χ3n) is 1.96. The molecule has 3 nitrogen and oxygen atoms in total. The fourth-order valence-electron chi connectivity index (χ4n) is 1.40. The molecule has 1 aromatic carbocycles. The van der Waals surface area contributed by atoms with Gasteiger partial charge in [-0.25, -0.2) is 9.97 Å². The molecule has 0 unspecified atom stereocenters. The van der Waals surface area contributed by atoms with Crippen LogP contribution in [0.1, 0.15) is 13.8 Å². The number of anilines is 1. The maximum atomic E-state index is 4.20. The second-order valence-corrected chi connectivity index (χ2v) is 3.60. The summed E-state index contributed by atoms with van der Waals surface area (Å²) in [6.45, 7) is 4.23. The van der Waals surface area contributed by atoms with Crippen molar-refractivity contribution in [2.24, 2.45) is 0 Å². The molecule has 2 rings (SSSR count). The van der Waals surface area contributed by atoms with Gasteiger partial charge in [0.2, 0.25) is 0 Å². The highest BCUT2D eigenvalue weighted by molar-refractivity contribution is 5.81. The van der Waals surface area contributed by atoms with Crippen LogP contribution < -0.4 is 5.32 Å². The van der Waals surface area contributed by atoms with E-state index in [0.717, 1.165) is 16.6 Å². The number of nitrogens with zero attached hydrogens (tertiary/aromatic N) is 2. The van der Waals surface area contributed by atoms with Gasteiger partial charge in [0.1, 0.15) is 6.33 Å². The quantitative estimate of drug-likeness (QED) is 0.784. The molecule has 14 heavy (non-hydrogen) atoms. The Kier molecular flexibility index (Phi) is 2.31. The van der Waals surface area contributed by atoms with Crippen LogP contribution in [0, 0.1) is 0 Å². The highest BCUT2D eigenvalue weighted by atomic mass is 14.9. The van der Waals surface area contributed by atoms with E-state index >= 15 is 0 Å². The summed E-state index contributed by atoms with van der Waals surface area (Å²) in [4.78, 5) is 8.17. The van der Waals surface area contributed by atoms with Crippen LogP contribution in [0.25, 0.3) is 10.9 Å². The zero-order valence-electron chi connectivity index (χ0n) is 8.36. The molecule has 0 amide bonds. The average Bonchev–Trinajstić information content (AvgIpc) is 2.17. The highest BCUT2D eigenvalue weighted by Gasteiger charge is 1.98. The van der Waals surface area contributed by atoms with Gasteiger partial charge in [-0.1, -0.05) is 0 Å². The molecule has 0 spiro atoms. The van der Waals surface area contributed by atoms with Gasteiger partial charge in [-0.15, -0.1) is 0 Å². The van der Waals surface area contributed by atoms with Crippen LogP contribution in [0.3, 0.4) is 0 Å². The van der Waals surface area contributed by atoms with Crippen LogP contribution in [-0.4, -0.2) is 16.0 Å². The van der Waals surface area contributed by atoms with Crippen molar-refractivity contribution in [3.63, 3.8) is 0 Å². The van der Waals surface area contributed by atoms with Crippen molar-refractivity contribution in [3.8, 4) is 0 Å². The molecule has 0 fully saturated rings. The fraction of sp³-hybridized carbons (Fsp3) is 0.273. The van der Waals surface area contributed by atoms with Crippen molar-refractivity contribution in [2.75, 3.05) is 5.32 Å². The van der Waals surface area contributed by atoms with Gasteiger partial charge < -0.3 is 5.32 Å². The molecular formula is C11H13N3. The maximum Gasteiger partial charge on any atom is 0.116 e.